The van der Waals surface area contributed by atoms with Crippen molar-refractivity contribution >= 4 is 0 Å². The van der Waals surface area contributed by atoms with Crippen LogP contribution in [0.2, 0.25) is 0 Å². The van der Waals surface area contributed by atoms with Crippen LogP contribution in [0.25, 0.3) is 0 Å². The predicted octanol–water partition coefficient (Wildman–Crippen LogP) is 3.05. The Morgan fingerprint density at radius 1 is 1.47 bits per heavy atom. The molecular formula is C15H22FNO2. The highest BCUT2D eigenvalue weighted by atomic mass is 19.1. The predicted molar refractivity (Wildman–Crippen MR) is 72.9 cm³/mol. The van der Waals surface area contributed by atoms with Gasteiger partial charge >= 0.3 is 0 Å². The van der Waals surface area contributed by atoms with E-state index in [-0.39, 0.29) is 18.0 Å². The average Bonchev–Trinajstić information content (AvgIpc) is 2.38. The first kappa shape index (κ1) is 14.3. The molecule has 1 N–H and O–H groups in total. The van der Waals surface area contributed by atoms with Gasteiger partial charge in [0, 0.05) is 24.3 Å². The lowest BCUT2D eigenvalue weighted by molar-refractivity contribution is 0.0115. The molecule has 1 aromatic rings. The molecule has 0 bridgehead atoms. The van der Waals surface area contributed by atoms with Gasteiger partial charge in [-0.25, -0.2) is 4.39 Å². The Balaban J connectivity index is 2.06. The Labute approximate surface area is 114 Å². The van der Waals surface area contributed by atoms with Crippen molar-refractivity contribution in [1.82, 2.24) is 5.32 Å². The number of hydrogen-bond acceptors (Lipinski definition) is 3. The summed E-state index contributed by atoms with van der Waals surface area (Å²) in [5.41, 5.74) is 0.863. The zero-order valence-corrected chi connectivity index (χ0v) is 11.8. The van der Waals surface area contributed by atoms with Gasteiger partial charge in [0.15, 0.2) is 0 Å². The first-order chi connectivity index (χ1) is 9.10. The van der Waals surface area contributed by atoms with Gasteiger partial charge in [0.1, 0.15) is 11.6 Å². The zero-order valence-electron chi connectivity index (χ0n) is 11.8. The molecule has 1 fully saturated rings. The van der Waals surface area contributed by atoms with Gasteiger partial charge in [-0.3, -0.25) is 0 Å². The van der Waals surface area contributed by atoms with E-state index in [4.69, 9.17) is 9.47 Å². The van der Waals surface area contributed by atoms with Gasteiger partial charge in [0.2, 0.25) is 0 Å². The molecule has 3 unspecified atom stereocenters. The van der Waals surface area contributed by atoms with Gasteiger partial charge in [-0.1, -0.05) is 0 Å². The fraction of sp³-hybridized carbons (Fsp3) is 0.600. The van der Waals surface area contributed by atoms with E-state index in [1.54, 1.807) is 19.2 Å². The van der Waals surface area contributed by atoms with Crippen LogP contribution in [-0.4, -0.2) is 25.9 Å². The van der Waals surface area contributed by atoms with Gasteiger partial charge in [-0.15, -0.1) is 0 Å². The third-order valence-corrected chi connectivity index (χ3v) is 3.63. The number of nitrogens with one attached hydrogen (secondary N) is 1. The second-order valence-electron chi connectivity index (χ2n) is 5.18. The smallest absolute Gasteiger partial charge is 0.123 e. The number of halogens is 1. The van der Waals surface area contributed by atoms with Crippen LogP contribution in [0.3, 0.4) is 0 Å². The second kappa shape index (κ2) is 6.35. The lowest BCUT2D eigenvalue weighted by Gasteiger charge is -2.31. The Bertz CT molecular complexity index is 425. The van der Waals surface area contributed by atoms with E-state index in [1.165, 1.54) is 6.07 Å². The van der Waals surface area contributed by atoms with Crippen LogP contribution in [0.4, 0.5) is 4.39 Å². The van der Waals surface area contributed by atoms with Crippen molar-refractivity contribution in [3.8, 4) is 5.75 Å². The SMILES string of the molecule is COc1ccc(F)cc1C(C)NC1CCOC(C)C1. The normalized spacial score (nSPS) is 25.1. The van der Waals surface area contributed by atoms with Crippen molar-refractivity contribution in [3.05, 3.63) is 29.6 Å². The molecule has 0 aliphatic carbocycles. The fourth-order valence-corrected chi connectivity index (χ4v) is 2.64. The van der Waals surface area contributed by atoms with Crippen LogP contribution in [0.5, 0.6) is 5.75 Å². The Kier molecular flexibility index (Phi) is 4.77. The van der Waals surface area contributed by atoms with E-state index < -0.39 is 0 Å². The fourth-order valence-electron chi connectivity index (χ4n) is 2.64. The summed E-state index contributed by atoms with van der Waals surface area (Å²) < 4.78 is 24.2. The van der Waals surface area contributed by atoms with Crippen molar-refractivity contribution in [1.29, 1.82) is 0 Å². The van der Waals surface area contributed by atoms with E-state index >= 15 is 0 Å². The van der Waals surface area contributed by atoms with Crippen LogP contribution in [-0.2, 0) is 4.74 Å². The van der Waals surface area contributed by atoms with E-state index in [0.29, 0.717) is 6.04 Å². The van der Waals surface area contributed by atoms with Crippen LogP contribution in [0.1, 0.15) is 38.3 Å². The summed E-state index contributed by atoms with van der Waals surface area (Å²) in [7, 11) is 1.61. The molecule has 1 aliphatic rings. The Morgan fingerprint density at radius 3 is 2.95 bits per heavy atom. The highest BCUT2D eigenvalue weighted by Crippen LogP contribution is 2.27. The van der Waals surface area contributed by atoms with E-state index in [2.05, 4.69) is 12.2 Å². The molecule has 0 radical (unpaired) electrons. The average molecular weight is 267 g/mol. The maximum Gasteiger partial charge on any atom is 0.123 e. The van der Waals surface area contributed by atoms with Gasteiger partial charge in [0.05, 0.1) is 13.2 Å². The minimum Gasteiger partial charge on any atom is -0.496 e. The molecule has 1 aromatic carbocycles. The quantitative estimate of drug-likeness (QED) is 0.909. The highest BCUT2D eigenvalue weighted by Gasteiger charge is 2.22. The molecule has 0 aromatic heterocycles. The van der Waals surface area contributed by atoms with Crippen molar-refractivity contribution in [2.45, 2.75) is 44.9 Å². The summed E-state index contributed by atoms with van der Waals surface area (Å²) in [5.74, 6) is 0.492. The summed E-state index contributed by atoms with van der Waals surface area (Å²) in [6, 6.07) is 5.10. The van der Waals surface area contributed by atoms with Crippen molar-refractivity contribution in [3.63, 3.8) is 0 Å². The molecule has 4 heteroatoms. The summed E-state index contributed by atoms with van der Waals surface area (Å²) in [5, 5.41) is 3.54. The largest absolute Gasteiger partial charge is 0.496 e. The van der Waals surface area contributed by atoms with Gasteiger partial charge in [-0.05, 0) is 44.9 Å². The van der Waals surface area contributed by atoms with Crippen LogP contribution < -0.4 is 10.1 Å². The molecular weight excluding hydrogens is 245 g/mol. The molecule has 19 heavy (non-hydrogen) atoms. The lowest BCUT2D eigenvalue weighted by Crippen LogP contribution is -2.39. The van der Waals surface area contributed by atoms with Crippen LogP contribution >= 0.6 is 0 Å². The molecule has 0 saturated carbocycles. The molecule has 3 nitrogen and oxygen atoms in total. The maximum atomic E-state index is 13.4. The third kappa shape index (κ3) is 3.67. The van der Waals surface area contributed by atoms with Crippen LogP contribution in [0.15, 0.2) is 18.2 Å². The van der Waals surface area contributed by atoms with E-state index in [1.807, 2.05) is 6.92 Å². The lowest BCUT2D eigenvalue weighted by atomic mass is 10.0. The van der Waals surface area contributed by atoms with Crippen molar-refractivity contribution in [2.75, 3.05) is 13.7 Å². The minimum absolute atomic E-state index is 0.0564. The topological polar surface area (TPSA) is 30.5 Å². The highest BCUT2D eigenvalue weighted by molar-refractivity contribution is 5.36. The zero-order chi connectivity index (χ0) is 13.8. The van der Waals surface area contributed by atoms with Gasteiger partial charge < -0.3 is 14.8 Å². The summed E-state index contributed by atoms with van der Waals surface area (Å²) in [6.07, 6.45) is 2.27. The van der Waals surface area contributed by atoms with Crippen molar-refractivity contribution in [2.24, 2.45) is 0 Å². The molecule has 1 aliphatic heterocycles. The molecule has 1 heterocycles. The number of ether oxygens (including phenoxy) is 2. The number of hydrogen-bond donors (Lipinski definition) is 1. The summed E-state index contributed by atoms with van der Waals surface area (Å²) >= 11 is 0. The first-order valence-corrected chi connectivity index (χ1v) is 6.81. The number of benzene rings is 1. The molecule has 106 valence electrons. The van der Waals surface area contributed by atoms with Gasteiger partial charge in [-0.2, -0.15) is 0 Å². The van der Waals surface area contributed by atoms with Crippen LogP contribution in [0, 0.1) is 5.82 Å². The standard InChI is InChI=1S/C15H22FNO2/c1-10-8-13(6-7-19-10)17-11(2)14-9-12(16)4-5-15(14)18-3/h4-5,9-11,13,17H,6-8H2,1-3H3. The van der Waals surface area contributed by atoms with Gasteiger partial charge in [0.25, 0.3) is 0 Å². The minimum atomic E-state index is -0.232. The molecule has 0 spiro atoms. The van der Waals surface area contributed by atoms with E-state index in [9.17, 15) is 4.39 Å². The second-order valence-corrected chi connectivity index (χ2v) is 5.18. The monoisotopic (exact) mass is 267 g/mol. The Hall–Kier alpha value is -1.13. The third-order valence-electron chi connectivity index (χ3n) is 3.63. The molecule has 0 amide bonds. The number of methoxy groups -OCH3 is 1. The maximum absolute atomic E-state index is 13.4. The molecule has 2 rings (SSSR count). The van der Waals surface area contributed by atoms with E-state index in [0.717, 1.165) is 30.8 Å². The summed E-state index contributed by atoms with van der Waals surface area (Å²) in [6.45, 7) is 4.91. The number of rotatable bonds is 4. The Morgan fingerprint density at radius 2 is 2.26 bits per heavy atom. The van der Waals surface area contributed by atoms with Crippen molar-refractivity contribution < 1.29 is 13.9 Å². The first-order valence-electron chi connectivity index (χ1n) is 6.81. The molecule has 1 saturated heterocycles. The molecule has 3 atom stereocenters. The summed E-state index contributed by atoms with van der Waals surface area (Å²) in [4.78, 5) is 0.